The minimum absolute atomic E-state index is 0.204. The van der Waals surface area contributed by atoms with Crippen molar-refractivity contribution >= 4 is 52.8 Å². The average Bonchev–Trinajstić information content (AvgIpc) is 2.93. The van der Waals surface area contributed by atoms with Crippen LogP contribution < -0.4 is 24.4 Å². The van der Waals surface area contributed by atoms with Crippen LogP contribution in [-0.2, 0) is 16.2 Å². The molecule has 1 saturated heterocycles. The molecule has 3 aromatic carbocycles. The second kappa shape index (κ2) is 12.7. The number of carbonyl (C=O) groups excluding carboxylic acids is 3. The number of benzene rings is 3. The topological polar surface area (TPSA) is 94.2 Å². The summed E-state index contributed by atoms with van der Waals surface area (Å²) >= 11 is 12.0. The monoisotopic (exact) mass is 568 g/mol. The normalized spacial score (nSPS) is 14.4. The zero-order valence-corrected chi connectivity index (χ0v) is 22.8. The Bertz CT molecular complexity index is 1420. The number of anilines is 1. The summed E-state index contributed by atoms with van der Waals surface area (Å²) in [6.45, 7) is 2.86. The van der Waals surface area contributed by atoms with Crippen LogP contribution in [0.5, 0.6) is 17.2 Å². The van der Waals surface area contributed by atoms with E-state index in [1.165, 1.54) is 13.2 Å². The van der Waals surface area contributed by atoms with E-state index < -0.39 is 17.8 Å². The zero-order valence-electron chi connectivity index (χ0n) is 21.3. The second-order valence-corrected chi connectivity index (χ2v) is 9.42. The lowest BCUT2D eigenvalue weighted by atomic mass is 10.1. The molecule has 1 aliphatic heterocycles. The molecule has 3 aromatic rings. The van der Waals surface area contributed by atoms with E-state index in [4.69, 9.17) is 37.4 Å². The number of hydrogen-bond donors (Lipinski definition) is 1. The van der Waals surface area contributed by atoms with Gasteiger partial charge in [0.1, 0.15) is 17.9 Å². The fourth-order valence-electron chi connectivity index (χ4n) is 3.77. The Labute approximate surface area is 236 Å². The van der Waals surface area contributed by atoms with E-state index in [-0.39, 0.29) is 12.2 Å². The number of barbiturate groups is 1. The van der Waals surface area contributed by atoms with Gasteiger partial charge in [-0.1, -0.05) is 48.7 Å². The van der Waals surface area contributed by atoms with Gasteiger partial charge in [-0.15, -0.1) is 0 Å². The smallest absolute Gasteiger partial charge is 0.335 e. The van der Waals surface area contributed by atoms with E-state index in [0.717, 1.165) is 23.3 Å². The number of rotatable bonds is 10. The summed E-state index contributed by atoms with van der Waals surface area (Å²) in [6.07, 6.45) is 3.31. The summed E-state index contributed by atoms with van der Waals surface area (Å²) in [6, 6.07) is 15.9. The van der Waals surface area contributed by atoms with E-state index >= 15 is 0 Å². The van der Waals surface area contributed by atoms with Gasteiger partial charge >= 0.3 is 6.03 Å². The lowest BCUT2D eigenvalue weighted by Crippen LogP contribution is -2.54. The van der Waals surface area contributed by atoms with Crippen molar-refractivity contribution in [3.05, 3.63) is 87.4 Å². The van der Waals surface area contributed by atoms with Crippen LogP contribution in [0.3, 0.4) is 0 Å². The maximum atomic E-state index is 13.2. The number of urea groups is 1. The molecule has 0 aromatic heterocycles. The summed E-state index contributed by atoms with van der Waals surface area (Å²) in [7, 11) is 1.48. The van der Waals surface area contributed by atoms with Crippen LogP contribution in [0.15, 0.2) is 66.2 Å². The SMILES string of the molecule is CCCCOc1ccc(N2C(=O)NC(=O)/C(=C/c3ccc(OCc4ccc(Cl)c(Cl)c4)c(OC)c3)C2=O)cc1. The van der Waals surface area contributed by atoms with Crippen LogP contribution in [0.4, 0.5) is 10.5 Å². The highest BCUT2D eigenvalue weighted by Crippen LogP contribution is 2.31. The minimum Gasteiger partial charge on any atom is -0.494 e. The summed E-state index contributed by atoms with van der Waals surface area (Å²) < 4.78 is 17.0. The van der Waals surface area contributed by atoms with E-state index in [2.05, 4.69) is 12.2 Å². The van der Waals surface area contributed by atoms with Gasteiger partial charge in [0, 0.05) is 0 Å². The van der Waals surface area contributed by atoms with Crippen LogP contribution in [0, 0.1) is 0 Å². The Balaban J connectivity index is 1.53. The molecular formula is C29H26Cl2N2O6. The Kier molecular flexibility index (Phi) is 9.11. The molecule has 1 heterocycles. The highest BCUT2D eigenvalue weighted by atomic mass is 35.5. The van der Waals surface area contributed by atoms with Crippen molar-refractivity contribution in [1.29, 1.82) is 0 Å². The molecule has 0 bridgehead atoms. The van der Waals surface area contributed by atoms with Crippen LogP contribution in [0.2, 0.25) is 10.0 Å². The molecule has 8 nitrogen and oxygen atoms in total. The Hall–Kier alpha value is -4.01. The van der Waals surface area contributed by atoms with Gasteiger partial charge < -0.3 is 14.2 Å². The van der Waals surface area contributed by atoms with Crippen LogP contribution in [0.25, 0.3) is 6.08 Å². The number of nitrogens with zero attached hydrogens (tertiary/aromatic N) is 1. The number of carbonyl (C=O) groups is 3. The lowest BCUT2D eigenvalue weighted by molar-refractivity contribution is -0.122. The number of halogens is 2. The van der Waals surface area contributed by atoms with E-state index in [0.29, 0.717) is 45.2 Å². The van der Waals surface area contributed by atoms with Crippen molar-refractivity contribution in [2.75, 3.05) is 18.6 Å². The molecule has 10 heteroatoms. The summed E-state index contributed by atoms with van der Waals surface area (Å²) in [4.78, 5) is 39.3. The standard InChI is InChI=1S/C29H26Cl2N2O6/c1-3-4-13-38-21-9-7-20(8-10-21)33-28(35)22(27(34)32-29(33)36)14-18-6-12-25(26(16-18)37-2)39-17-19-5-11-23(30)24(31)15-19/h5-12,14-16H,3-4,13,17H2,1-2H3,(H,32,34,36)/b22-14-. The predicted molar refractivity (Wildman–Crippen MR) is 150 cm³/mol. The second-order valence-electron chi connectivity index (χ2n) is 8.60. The molecule has 0 saturated carbocycles. The van der Waals surface area contributed by atoms with E-state index in [9.17, 15) is 14.4 Å². The van der Waals surface area contributed by atoms with Gasteiger partial charge in [-0.3, -0.25) is 14.9 Å². The average molecular weight is 569 g/mol. The molecule has 1 fully saturated rings. The third-order valence-corrected chi connectivity index (χ3v) is 6.58. The van der Waals surface area contributed by atoms with Crippen molar-refractivity contribution in [3.8, 4) is 17.2 Å². The summed E-state index contributed by atoms with van der Waals surface area (Å²) in [5.41, 5.74) is 1.42. The van der Waals surface area contributed by atoms with Crippen LogP contribution >= 0.6 is 23.2 Å². The maximum absolute atomic E-state index is 13.2. The summed E-state index contributed by atoms with van der Waals surface area (Å²) in [5.74, 6) is -0.0812. The molecule has 0 unspecified atom stereocenters. The fraction of sp³-hybridized carbons (Fsp3) is 0.207. The van der Waals surface area contributed by atoms with Gasteiger partial charge in [0.15, 0.2) is 11.5 Å². The molecule has 0 radical (unpaired) electrons. The number of nitrogens with one attached hydrogen (secondary N) is 1. The number of amides is 4. The number of unbranched alkanes of at least 4 members (excludes halogenated alkanes) is 1. The molecule has 1 N–H and O–H groups in total. The highest BCUT2D eigenvalue weighted by molar-refractivity contribution is 6.42. The molecule has 4 rings (SSSR count). The first-order chi connectivity index (χ1) is 18.8. The van der Waals surface area contributed by atoms with Gasteiger partial charge in [-0.05, 0) is 72.2 Å². The molecule has 1 aliphatic rings. The van der Waals surface area contributed by atoms with Crippen LogP contribution in [-0.4, -0.2) is 31.6 Å². The van der Waals surface area contributed by atoms with Gasteiger partial charge in [0.2, 0.25) is 0 Å². The van der Waals surface area contributed by atoms with Gasteiger partial charge in [0.25, 0.3) is 11.8 Å². The lowest BCUT2D eigenvalue weighted by Gasteiger charge is -2.26. The first kappa shape index (κ1) is 28.0. The molecule has 0 atom stereocenters. The molecule has 0 aliphatic carbocycles. The predicted octanol–water partition coefficient (Wildman–Crippen LogP) is 6.43. The molecular weight excluding hydrogens is 543 g/mol. The molecule has 202 valence electrons. The minimum atomic E-state index is -0.828. The number of hydrogen-bond acceptors (Lipinski definition) is 6. The maximum Gasteiger partial charge on any atom is 0.335 e. The van der Waals surface area contributed by atoms with Crippen molar-refractivity contribution in [3.63, 3.8) is 0 Å². The first-order valence-corrected chi connectivity index (χ1v) is 13.0. The highest BCUT2D eigenvalue weighted by Gasteiger charge is 2.36. The van der Waals surface area contributed by atoms with E-state index in [1.807, 2.05) is 0 Å². The quantitative estimate of drug-likeness (QED) is 0.172. The largest absolute Gasteiger partial charge is 0.494 e. The number of ether oxygens (including phenoxy) is 3. The van der Waals surface area contributed by atoms with Crippen molar-refractivity contribution in [2.45, 2.75) is 26.4 Å². The van der Waals surface area contributed by atoms with Gasteiger partial charge in [0.05, 0.1) is 29.4 Å². The molecule has 39 heavy (non-hydrogen) atoms. The van der Waals surface area contributed by atoms with Crippen LogP contribution in [0.1, 0.15) is 30.9 Å². The third kappa shape index (κ3) is 6.71. The van der Waals surface area contributed by atoms with Gasteiger partial charge in [-0.25, -0.2) is 9.69 Å². The fourth-order valence-corrected chi connectivity index (χ4v) is 4.09. The van der Waals surface area contributed by atoms with Gasteiger partial charge in [-0.2, -0.15) is 0 Å². The Morgan fingerprint density at radius 1 is 0.897 bits per heavy atom. The Morgan fingerprint density at radius 3 is 2.36 bits per heavy atom. The third-order valence-electron chi connectivity index (χ3n) is 5.84. The summed E-state index contributed by atoms with van der Waals surface area (Å²) in [5, 5.41) is 3.10. The van der Waals surface area contributed by atoms with Crippen molar-refractivity contribution in [2.24, 2.45) is 0 Å². The first-order valence-electron chi connectivity index (χ1n) is 12.2. The zero-order chi connectivity index (χ0) is 27.9. The van der Waals surface area contributed by atoms with Crippen molar-refractivity contribution in [1.82, 2.24) is 5.32 Å². The number of imide groups is 2. The molecule has 4 amide bonds. The van der Waals surface area contributed by atoms with Crippen molar-refractivity contribution < 1.29 is 28.6 Å². The Morgan fingerprint density at radius 2 is 1.67 bits per heavy atom. The molecule has 0 spiro atoms. The van der Waals surface area contributed by atoms with E-state index in [1.54, 1.807) is 60.7 Å². The number of methoxy groups -OCH3 is 1.